The molecule has 0 aromatic heterocycles. The Balaban J connectivity index is 1.51. The van der Waals surface area contributed by atoms with Gasteiger partial charge in [-0.25, -0.2) is 0 Å². The molecule has 2 aliphatic rings. The molecule has 0 saturated heterocycles. The molecule has 0 atom stereocenters. The summed E-state index contributed by atoms with van der Waals surface area (Å²) in [4.78, 5) is 2.43. The van der Waals surface area contributed by atoms with Crippen LogP contribution in [0.3, 0.4) is 0 Å². The average molecular weight is 405 g/mol. The molecule has 0 fully saturated rings. The smallest absolute Gasteiger partial charge is 0.248 e. The van der Waals surface area contributed by atoms with E-state index in [9.17, 15) is 0 Å². The Bertz CT molecular complexity index is 1470. The van der Waals surface area contributed by atoms with E-state index in [0.29, 0.717) is 0 Å². The van der Waals surface area contributed by atoms with Crippen LogP contribution in [0.4, 0.5) is 17.1 Å². The third-order valence-electron chi connectivity index (χ3n) is 6.88. The van der Waals surface area contributed by atoms with Gasteiger partial charge in [0.15, 0.2) is 0 Å². The molecule has 0 saturated carbocycles. The fraction of sp³-hybridized carbons (Fsp3) is 0. The number of hydrogen-bond acceptors (Lipinski definition) is 1. The zero-order valence-corrected chi connectivity index (χ0v) is 17.6. The number of anilines is 3. The van der Waals surface area contributed by atoms with Crippen molar-refractivity contribution in [3.63, 3.8) is 0 Å². The largest absolute Gasteiger partial charge is 0.312 e. The summed E-state index contributed by atoms with van der Waals surface area (Å²) in [5.41, 5.74) is 13.2. The van der Waals surface area contributed by atoms with Crippen LogP contribution in [-0.4, -0.2) is 6.71 Å². The van der Waals surface area contributed by atoms with E-state index in [1.54, 1.807) is 0 Å². The van der Waals surface area contributed by atoms with E-state index in [-0.39, 0.29) is 6.71 Å². The molecule has 0 N–H and O–H groups in total. The minimum atomic E-state index is 0.260. The summed E-state index contributed by atoms with van der Waals surface area (Å²) in [5.74, 6) is 0. The van der Waals surface area contributed by atoms with Gasteiger partial charge in [0.25, 0.3) is 0 Å². The molecule has 5 aromatic carbocycles. The zero-order valence-electron chi connectivity index (χ0n) is 17.6. The molecule has 32 heavy (non-hydrogen) atoms. The summed E-state index contributed by atoms with van der Waals surface area (Å²) in [6.07, 6.45) is 0. The second kappa shape index (κ2) is 6.73. The Morgan fingerprint density at radius 3 is 2.03 bits per heavy atom. The van der Waals surface area contributed by atoms with E-state index < -0.39 is 0 Å². The maximum Gasteiger partial charge on any atom is 0.248 e. The Labute approximate surface area is 188 Å². The number of fused-ring (bicyclic) bond motifs is 5. The van der Waals surface area contributed by atoms with E-state index in [2.05, 4.69) is 126 Å². The van der Waals surface area contributed by atoms with Gasteiger partial charge >= 0.3 is 0 Å². The van der Waals surface area contributed by atoms with Gasteiger partial charge < -0.3 is 4.90 Å². The molecule has 148 valence electrons. The highest BCUT2D eigenvalue weighted by atomic mass is 15.1. The normalized spacial score (nSPS) is 12.9. The second-order valence-electron chi connectivity index (χ2n) is 8.57. The van der Waals surface area contributed by atoms with Crippen LogP contribution in [0.1, 0.15) is 0 Å². The molecule has 2 heterocycles. The number of rotatable bonds is 2. The summed E-state index contributed by atoms with van der Waals surface area (Å²) in [7, 11) is 0. The van der Waals surface area contributed by atoms with Gasteiger partial charge in [0.2, 0.25) is 6.71 Å². The fourth-order valence-corrected chi connectivity index (χ4v) is 5.54. The van der Waals surface area contributed by atoms with Crippen LogP contribution in [0.25, 0.3) is 22.3 Å². The number of hydrogen-bond donors (Lipinski definition) is 0. The Morgan fingerprint density at radius 1 is 0.469 bits per heavy atom. The van der Waals surface area contributed by atoms with Gasteiger partial charge in [0.1, 0.15) is 0 Å². The quantitative estimate of drug-likeness (QED) is 0.337. The first kappa shape index (κ1) is 17.6. The molecule has 0 unspecified atom stereocenters. The van der Waals surface area contributed by atoms with Crippen LogP contribution in [-0.2, 0) is 0 Å². The van der Waals surface area contributed by atoms with E-state index >= 15 is 0 Å². The first-order valence-electron chi connectivity index (χ1n) is 11.2. The maximum absolute atomic E-state index is 2.43. The Hall–Kier alpha value is -4.04. The average Bonchev–Trinajstić information content (AvgIpc) is 3.21. The highest BCUT2D eigenvalue weighted by molar-refractivity contribution is 7.01. The second-order valence-corrected chi connectivity index (χ2v) is 8.57. The van der Waals surface area contributed by atoms with E-state index in [1.807, 2.05) is 0 Å². The zero-order chi connectivity index (χ0) is 21.1. The molecule has 7 rings (SSSR count). The van der Waals surface area contributed by atoms with Crippen molar-refractivity contribution >= 4 is 40.2 Å². The minimum absolute atomic E-state index is 0.260. The molecule has 2 aliphatic heterocycles. The van der Waals surface area contributed by atoms with E-state index in [4.69, 9.17) is 0 Å². The van der Waals surface area contributed by atoms with Crippen molar-refractivity contribution in [2.75, 3.05) is 4.90 Å². The number of nitrogens with zero attached hydrogens (tertiary/aromatic N) is 1. The monoisotopic (exact) mass is 405 g/mol. The molecule has 0 bridgehead atoms. The van der Waals surface area contributed by atoms with Gasteiger partial charge in [-0.2, -0.15) is 0 Å². The van der Waals surface area contributed by atoms with Crippen LogP contribution in [0.15, 0.2) is 121 Å². The highest BCUT2D eigenvalue weighted by Crippen LogP contribution is 2.40. The van der Waals surface area contributed by atoms with Gasteiger partial charge in [-0.15, -0.1) is 0 Å². The van der Waals surface area contributed by atoms with Gasteiger partial charge in [-0.3, -0.25) is 0 Å². The van der Waals surface area contributed by atoms with Crippen molar-refractivity contribution in [2.45, 2.75) is 0 Å². The van der Waals surface area contributed by atoms with Gasteiger partial charge in [0, 0.05) is 17.1 Å². The third-order valence-corrected chi connectivity index (χ3v) is 6.88. The molecule has 0 radical (unpaired) electrons. The summed E-state index contributed by atoms with van der Waals surface area (Å²) >= 11 is 0. The van der Waals surface area contributed by atoms with Crippen LogP contribution in [0, 0.1) is 0 Å². The lowest BCUT2D eigenvalue weighted by Gasteiger charge is -2.35. The van der Waals surface area contributed by atoms with Crippen LogP contribution < -0.4 is 21.3 Å². The van der Waals surface area contributed by atoms with Crippen LogP contribution in [0.2, 0.25) is 0 Å². The highest BCUT2D eigenvalue weighted by Gasteiger charge is 2.42. The van der Waals surface area contributed by atoms with Gasteiger partial charge in [0.05, 0.1) is 0 Å². The topological polar surface area (TPSA) is 3.24 Å². The molecule has 0 amide bonds. The third kappa shape index (κ3) is 2.41. The lowest BCUT2D eigenvalue weighted by Crippen LogP contribution is -2.54. The predicted octanol–water partition coefficient (Wildman–Crippen LogP) is 5.63. The molecular weight excluding hydrogens is 385 g/mol. The summed E-state index contributed by atoms with van der Waals surface area (Å²) in [6.45, 7) is 0.260. The van der Waals surface area contributed by atoms with E-state index in [1.165, 1.54) is 55.7 Å². The Kier molecular flexibility index (Phi) is 3.71. The summed E-state index contributed by atoms with van der Waals surface area (Å²) in [6, 6.07) is 44.1. The molecule has 5 aromatic rings. The van der Waals surface area contributed by atoms with Crippen LogP contribution in [0.5, 0.6) is 0 Å². The molecule has 0 spiro atoms. The first-order valence-corrected chi connectivity index (χ1v) is 11.2. The van der Waals surface area contributed by atoms with Gasteiger partial charge in [-0.05, 0) is 57.4 Å². The number of benzene rings is 5. The van der Waals surface area contributed by atoms with Crippen molar-refractivity contribution in [3.8, 4) is 22.3 Å². The lowest BCUT2D eigenvalue weighted by atomic mass is 9.37. The van der Waals surface area contributed by atoms with Crippen LogP contribution >= 0.6 is 0 Å². The first-order chi connectivity index (χ1) is 15.9. The van der Waals surface area contributed by atoms with Crippen molar-refractivity contribution in [2.24, 2.45) is 0 Å². The maximum atomic E-state index is 2.43. The van der Waals surface area contributed by atoms with Crippen molar-refractivity contribution in [1.82, 2.24) is 0 Å². The minimum Gasteiger partial charge on any atom is -0.312 e. The molecular formula is C30H20BN. The molecule has 1 nitrogen and oxygen atoms in total. The summed E-state index contributed by atoms with van der Waals surface area (Å²) in [5, 5.41) is 0. The van der Waals surface area contributed by atoms with Crippen molar-refractivity contribution < 1.29 is 0 Å². The van der Waals surface area contributed by atoms with Crippen molar-refractivity contribution in [3.05, 3.63) is 121 Å². The Morgan fingerprint density at radius 2 is 1.19 bits per heavy atom. The van der Waals surface area contributed by atoms with Gasteiger partial charge in [-0.1, -0.05) is 103 Å². The predicted molar refractivity (Wildman–Crippen MR) is 137 cm³/mol. The van der Waals surface area contributed by atoms with Crippen molar-refractivity contribution in [1.29, 1.82) is 0 Å². The fourth-order valence-electron chi connectivity index (χ4n) is 5.54. The standard InChI is InChI=1S/C30H20BN/c1-3-10-21(11-4-1)22-18-19-24-25-14-9-17-29-30(25)31(27(24)20-22)26-15-7-8-16-28(26)32(29)23-12-5-2-6-13-23/h1-20H. The lowest BCUT2D eigenvalue weighted by molar-refractivity contribution is 1.30. The SMILES string of the molecule is c1ccc(-c2ccc3c(c2)B2c4ccccc4N(c4ccccc4)c4cccc-3c42)cc1. The summed E-state index contributed by atoms with van der Waals surface area (Å²) < 4.78 is 0. The number of para-hydroxylation sites is 2. The molecule has 0 aliphatic carbocycles. The molecule has 2 heteroatoms. The van der Waals surface area contributed by atoms with E-state index in [0.717, 1.165) is 0 Å².